The van der Waals surface area contributed by atoms with Crippen LogP contribution in [0, 0.1) is 0 Å². The van der Waals surface area contributed by atoms with E-state index in [1.54, 1.807) is 0 Å². The van der Waals surface area contributed by atoms with Gasteiger partial charge < -0.3 is 29.9 Å². The molecule has 1 aliphatic rings. The fraction of sp³-hybridized carbons (Fsp3) is 0.909. The highest BCUT2D eigenvalue weighted by Crippen LogP contribution is 2.22. The smallest absolute Gasteiger partial charge is 0.308 e. The number of rotatable bonds is 5. The fourth-order valence-electron chi connectivity index (χ4n) is 1.67. The third-order valence-corrected chi connectivity index (χ3v) is 2.83. The van der Waals surface area contributed by atoms with Gasteiger partial charge in [0.2, 0.25) is 6.29 Å². The third-order valence-electron chi connectivity index (χ3n) is 2.83. The van der Waals surface area contributed by atoms with Gasteiger partial charge in [-0.1, -0.05) is 13.3 Å². The maximum Gasteiger partial charge on any atom is 0.308 e. The summed E-state index contributed by atoms with van der Waals surface area (Å²) in [6, 6.07) is 0. The highest BCUT2D eigenvalue weighted by Gasteiger charge is 2.45. The Labute approximate surface area is 105 Å². The first kappa shape index (κ1) is 15.3. The molecule has 106 valence electrons. The molecule has 0 aromatic carbocycles. The molecule has 0 radical (unpaired) electrons. The van der Waals surface area contributed by atoms with Gasteiger partial charge in [-0.05, 0) is 6.42 Å². The Bertz CT molecular complexity index is 268. The zero-order chi connectivity index (χ0) is 13.7. The molecule has 0 bridgehead atoms. The van der Waals surface area contributed by atoms with Crippen molar-refractivity contribution in [2.45, 2.75) is 56.9 Å². The first-order valence-electron chi connectivity index (χ1n) is 6.01. The molecule has 0 saturated carbocycles. The minimum absolute atomic E-state index is 0.186. The van der Waals surface area contributed by atoms with E-state index in [1.807, 2.05) is 6.92 Å². The summed E-state index contributed by atoms with van der Waals surface area (Å²) in [5.41, 5.74) is 0. The lowest BCUT2D eigenvalue weighted by molar-refractivity contribution is -0.292. The van der Waals surface area contributed by atoms with Crippen LogP contribution in [0.25, 0.3) is 0 Å². The van der Waals surface area contributed by atoms with Crippen molar-refractivity contribution in [2.24, 2.45) is 0 Å². The first-order chi connectivity index (χ1) is 8.51. The van der Waals surface area contributed by atoms with Crippen molar-refractivity contribution in [3.63, 3.8) is 0 Å². The second-order valence-electron chi connectivity index (χ2n) is 4.29. The summed E-state index contributed by atoms with van der Waals surface area (Å²) in [5.74, 6) is -0.554. The molecule has 0 amide bonds. The SMILES string of the molecule is CCCCC(=O)O[C@H]1O[C@H](CO)[C@@H](O)[C@H](O)[C@H]1O. The van der Waals surface area contributed by atoms with E-state index in [0.717, 1.165) is 6.42 Å². The summed E-state index contributed by atoms with van der Waals surface area (Å²) in [5, 5.41) is 37.5. The Kier molecular flexibility index (Phi) is 5.97. The van der Waals surface area contributed by atoms with E-state index >= 15 is 0 Å². The second kappa shape index (κ2) is 7.01. The predicted octanol–water partition coefficient (Wildman–Crippen LogP) is -1.48. The van der Waals surface area contributed by atoms with Crippen LogP contribution in [0.15, 0.2) is 0 Å². The number of hydrogen-bond donors (Lipinski definition) is 4. The van der Waals surface area contributed by atoms with Gasteiger partial charge in [0.15, 0.2) is 0 Å². The van der Waals surface area contributed by atoms with Crippen molar-refractivity contribution in [1.82, 2.24) is 0 Å². The van der Waals surface area contributed by atoms with E-state index in [-0.39, 0.29) is 6.42 Å². The topological polar surface area (TPSA) is 116 Å². The molecule has 5 atom stereocenters. The van der Waals surface area contributed by atoms with Crippen LogP contribution in [0.4, 0.5) is 0 Å². The molecule has 0 aliphatic carbocycles. The van der Waals surface area contributed by atoms with Crippen LogP contribution in [-0.2, 0) is 14.3 Å². The van der Waals surface area contributed by atoms with Gasteiger partial charge in [-0.3, -0.25) is 4.79 Å². The molecule has 0 spiro atoms. The summed E-state index contributed by atoms with van der Waals surface area (Å²) >= 11 is 0. The monoisotopic (exact) mass is 264 g/mol. The summed E-state index contributed by atoms with van der Waals surface area (Å²) in [6.45, 7) is 1.37. The molecule has 1 heterocycles. The Morgan fingerprint density at radius 2 is 1.89 bits per heavy atom. The lowest BCUT2D eigenvalue weighted by atomic mass is 9.99. The molecule has 0 aromatic heterocycles. The maximum atomic E-state index is 11.4. The zero-order valence-electron chi connectivity index (χ0n) is 10.2. The number of carbonyl (C=O) groups excluding carboxylic acids is 1. The average molecular weight is 264 g/mol. The quantitative estimate of drug-likeness (QED) is 0.447. The molecule has 0 aromatic rings. The molecule has 0 unspecified atom stereocenters. The van der Waals surface area contributed by atoms with Crippen molar-refractivity contribution < 1.29 is 34.7 Å². The van der Waals surface area contributed by atoms with Crippen molar-refractivity contribution in [1.29, 1.82) is 0 Å². The standard InChI is InChI=1S/C11H20O7/c1-2-3-4-7(13)18-11-10(16)9(15)8(14)6(5-12)17-11/h6,8-12,14-16H,2-5H2,1H3/t6-,8-,9+,10-,11-/m1/s1. The van der Waals surface area contributed by atoms with Gasteiger partial charge >= 0.3 is 5.97 Å². The summed E-state index contributed by atoms with van der Waals surface area (Å²) < 4.78 is 9.89. The Morgan fingerprint density at radius 1 is 1.22 bits per heavy atom. The van der Waals surface area contributed by atoms with E-state index in [0.29, 0.717) is 6.42 Å². The van der Waals surface area contributed by atoms with E-state index in [9.17, 15) is 20.1 Å². The molecule has 1 rings (SSSR count). The van der Waals surface area contributed by atoms with Crippen LogP contribution in [0.2, 0.25) is 0 Å². The molecule has 4 N–H and O–H groups in total. The molecule has 18 heavy (non-hydrogen) atoms. The Balaban J connectivity index is 2.56. The number of unbranched alkanes of at least 4 members (excludes halogenated alkanes) is 1. The molecule has 1 aliphatic heterocycles. The van der Waals surface area contributed by atoms with Gasteiger partial charge in [-0.2, -0.15) is 0 Å². The molecule has 1 fully saturated rings. The normalized spacial score (nSPS) is 36.4. The highest BCUT2D eigenvalue weighted by atomic mass is 16.7. The average Bonchev–Trinajstić information content (AvgIpc) is 2.37. The summed E-state index contributed by atoms with van der Waals surface area (Å²) in [6.07, 6.45) is -5.29. The Morgan fingerprint density at radius 3 is 2.44 bits per heavy atom. The lowest BCUT2D eigenvalue weighted by Gasteiger charge is -2.39. The van der Waals surface area contributed by atoms with Gasteiger partial charge in [0.05, 0.1) is 6.61 Å². The molecule has 7 heteroatoms. The lowest BCUT2D eigenvalue weighted by Crippen LogP contribution is -2.59. The number of carbonyl (C=O) groups is 1. The minimum atomic E-state index is -1.53. The number of hydrogen-bond acceptors (Lipinski definition) is 7. The summed E-state index contributed by atoms with van der Waals surface area (Å²) in [4.78, 5) is 11.4. The second-order valence-corrected chi connectivity index (χ2v) is 4.29. The number of aliphatic hydroxyl groups is 4. The van der Waals surface area contributed by atoms with Crippen molar-refractivity contribution in [3.05, 3.63) is 0 Å². The van der Waals surface area contributed by atoms with E-state index in [4.69, 9.17) is 14.6 Å². The number of ether oxygens (including phenoxy) is 2. The van der Waals surface area contributed by atoms with Crippen LogP contribution < -0.4 is 0 Å². The number of esters is 1. The van der Waals surface area contributed by atoms with Crippen LogP contribution in [0.5, 0.6) is 0 Å². The molecular formula is C11H20O7. The van der Waals surface area contributed by atoms with Crippen LogP contribution in [0.3, 0.4) is 0 Å². The van der Waals surface area contributed by atoms with E-state index < -0.39 is 43.3 Å². The van der Waals surface area contributed by atoms with Gasteiger partial charge in [-0.15, -0.1) is 0 Å². The van der Waals surface area contributed by atoms with Crippen molar-refractivity contribution in [3.8, 4) is 0 Å². The summed E-state index contributed by atoms with van der Waals surface area (Å²) in [7, 11) is 0. The molecule has 1 saturated heterocycles. The number of aliphatic hydroxyl groups excluding tert-OH is 4. The van der Waals surface area contributed by atoms with Crippen molar-refractivity contribution in [2.75, 3.05) is 6.61 Å². The van der Waals surface area contributed by atoms with Gasteiger partial charge in [0, 0.05) is 6.42 Å². The molecular weight excluding hydrogens is 244 g/mol. The maximum absolute atomic E-state index is 11.4. The van der Waals surface area contributed by atoms with Crippen LogP contribution >= 0.6 is 0 Å². The largest absolute Gasteiger partial charge is 0.433 e. The minimum Gasteiger partial charge on any atom is -0.433 e. The zero-order valence-corrected chi connectivity index (χ0v) is 10.2. The molecule has 7 nitrogen and oxygen atoms in total. The van der Waals surface area contributed by atoms with Gasteiger partial charge in [0.25, 0.3) is 0 Å². The first-order valence-corrected chi connectivity index (χ1v) is 6.01. The van der Waals surface area contributed by atoms with Gasteiger partial charge in [-0.25, -0.2) is 0 Å². The van der Waals surface area contributed by atoms with E-state index in [2.05, 4.69) is 0 Å². The van der Waals surface area contributed by atoms with E-state index in [1.165, 1.54) is 0 Å². The van der Waals surface area contributed by atoms with Crippen LogP contribution in [-0.4, -0.2) is 63.7 Å². The van der Waals surface area contributed by atoms with Crippen LogP contribution in [0.1, 0.15) is 26.2 Å². The fourth-order valence-corrected chi connectivity index (χ4v) is 1.67. The Hall–Kier alpha value is -0.730. The van der Waals surface area contributed by atoms with Gasteiger partial charge in [0.1, 0.15) is 24.4 Å². The van der Waals surface area contributed by atoms with Crippen molar-refractivity contribution >= 4 is 5.97 Å². The predicted molar refractivity (Wildman–Crippen MR) is 59.4 cm³/mol. The highest BCUT2D eigenvalue weighted by molar-refractivity contribution is 5.69. The third kappa shape index (κ3) is 3.63.